The Bertz CT molecular complexity index is 220. The average molecular weight is 279 g/mol. The van der Waals surface area contributed by atoms with E-state index in [-0.39, 0.29) is 12.5 Å². The first-order valence-corrected chi connectivity index (χ1v) is 7.83. The molecule has 4 heteroatoms. The predicted molar refractivity (Wildman–Crippen MR) is 73.2 cm³/mol. The Hall–Kier alpha value is -0.250. The van der Waals surface area contributed by atoms with Crippen molar-refractivity contribution in [3.8, 4) is 0 Å². The van der Waals surface area contributed by atoms with Crippen molar-refractivity contribution >= 4 is 0 Å². The molecule has 0 spiro atoms. The predicted octanol–water partition coefficient (Wildman–Crippen LogP) is 5.06. The van der Waals surface area contributed by atoms with E-state index in [9.17, 15) is 13.2 Å². The maximum absolute atomic E-state index is 12.4. The van der Waals surface area contributed by atoms with E-state index >= 15 is 0 Å². The van der Waals surface area contributed by atoms with Gasteiger partial charge in [-0.05, 0) is 38.1 Å². The van der Waals surface area contributed by atoms with Crippen molar-refractivity contribution in [1.82, 2.24) is 5.32 Å². The number of nitrogens with one attached hydrogen (secondary N) is 1. The van der Waals surface area contributed by atoms with E-state index in [0.717, 1.165) is 25.8 Å². The van der Waals surface area contributed by atoms with Gasteiger partial charge in [-0.3, -0.25) is 0 Å². The Morgan fingerprint density at radius 2 is 1.63 bits per heavy atom. The molecule has 0 amide bonds. The second kappa shape index (κ2) is 8.83. The van der Waals surface area contributed by atoms with Gasteiger partial charge in [0.15, 0.2) is 0 Å². The summed E-state index contributed by atoms with van der Waals surface area (Å²) in [6.45, 7) is 2.89. The van der Waals surface area contributed by atoms with Crippen LogP contribution in [0, 0.1) is 5.92 Å². The maximum Gasteiger partial charge on any atom is 0.389 e. The van der Waals surface area contributed by atoms with E-state index in [1.807, 2.05) is 0 Å². The standard InChI is InChI=1S/C15H28F3N/c1-2-12-19-14(10-11-15(16,17)18)13-8-6-4-3-5-7-9-13/h13-14,19H,2-12H2,1H3. The summed E-state index contributed by atoms with van der Waals surface area (Å²) in [5, 5.41) is 3.36. The number of rotatable bonds is 6. The largest absolute Gasteiger partial charge is 0.389 e. The normalized spacial score (nSPS) is 20.8. The summed E-state index contributed by atoms with van der Waals surface area (Å²) < 4.78 is 37.3. The zero-order chi connectivity index (χ0) is 14.1. The van der Waals surface area contributed by atoms with E-state index < -0.39 is 12.6 Å². The van der Waals surface area contributed by atoms with E-state index in [2.05, 4.69) is 12.2 Å². The van der Waals surface area contributed by atoms with E-state index in [1.165, 1.54) is 32.1 Å². The van der Waals surface area contributed by atoms with E-state index in [1.54, 1.807) is 0 Å². The summed E-state index contributed by atoms with van der Waals surface area (Å²) in [4.78, 5) is 0. The van der Waals surface area contributed by atoms with Gasteiger partial charge in [0.25, 0.3) is 0 Å². The zero-order valence-corrected chi connectivity index (χ0v) is 12.1. The molecule has 0 aromatic heterocycles. The molecule has 1 rings (SSSR count). The average Bonchev–Trinajstić information content (AvgIpc) is 2.29. The Morgan fingerprint density at radius 3 is 2.16 bits per heavy atom. The van der Waals surface area contributed by atoms with E-state index in [4.69, 9.17) is 0 Å². The fraction of sp³-hybridized carbons (Fsp3) is 1.00. The van der Waals surface area contributed by atoms with Crippen molar-refractivity contribution in [2.45, 2.75) is 83.4 Å². The molecule has 19 heavy (non-hydrogen) atoms. The van der Waals surface area contributed by atoms with Crippen LogP contribution in [0.25, 0.3) is 0 Å². The topological polar surface area (TPSA) is 12.0 Å². The molecule has 0 bridgehead atoms. The van der Waals surface area contributed by atoms with E-state index in [0.29, 0.717) is 5.92 Å². The van der Waals surface area contributed by atoms with Crippen molar-refractivity contribution < 1.29 is 13.2 Å². The fourth-order valence-electron chi connectivity index (χ4n) is 3.04. The lowest BCUT2D eigenvalue weighted by molar-refractivity contribution is -0.137. The van der Waals surface area contributed by atoms with Crippen molar-refractivity contribution in [3.05, 3.63) is 0 Å². The minimum Gasteiger partial charge on any atom is -0.314 e. The third-order valence-electron chi connectivity index (χ3n) is 4.11. The quantitative estimate of drug-likeness (QED) is 0.716. The molecule has 0 aliphatic heterocycles. The van der Waals surface area contributed by atoms with Crippen LogP contribution in [0.3, 0.4) is 0 Å². The molecule has 1 unspecified atom stereocenters. The highest BCUT2D eigenvalue weighted by molar-refractivity contribution is 4.79. The van der Waals surface area contributed by atoms with Crippen LogP contribution in [0.15, 0.2) is 0 Å². The number of halogens is 3. The minimum absolute atomic E-state index is 0.0553. The van der Waals surface area contributed by atoms with Crippen molar-refractivity contribution in [3.63, 3.8) is 0 Å². The second-order valence-corrected chi connectivity index (χ2v) is 5.82. The lowest BCUT2D eigenvalue weighted by atomic mass is 9.84. The molecule has 1 fully saturated rings. The molecule has 1 saturated carbocycles. The van der Waals surface area contributed by atoms with Crippen molar-refractivity contribution in [2.75, 3.05) is 6.54 Å². The second-order valence-electron chi connectivity index (χ2n) is 5.82. The molecule has 1 N–H and O–H groups in total. The molecular formula is C15H28F3N. The third-order valence-corrected chi connectivity index (χ3v) is 4.11. The molecule has 0 saturated heterocycles. The highest BCUT2D eigenvalue weighted by Gasteiger charge is 2.30. The van der Waals surface area contributed by atoms with Gasteiger partial charge in [-0.25, -0.2) is 0 Å². The monoisotopic (exact) mass is 279 g/mol. The van der Waals surface area contributed by atoms with Crippen molar-refractivity contribution in [2.24, 2.45) is 5.92 Å². The van der Waals surface area contributed by atoms with Crippen LogP contribution < -0.4 is 5.32 Å². The van der Waals surface area contributed by atoms with Crippen LogP contribution in [0.4, 0.5) is 13.2 Å². The van der Waals surface area contributed by atoms with Crippen LogP contribution in [0.5, 0.6) is 0 Å². The van der Waals surface area contributed by atoms with Crippen LogP contribution in [0.1, 0.15) is 71.1 Å². The summed E-state index contributed by atoms with van der Waals surface area (Å²) in [5.41, 5.74) is 0. The number of hydrogen-bond acceptors (Lipinski definition) is 1. The molecule has 114 valence electrons. The Labute approximate surface area is 115 Å². The van der Waals surface area contributed by atoms with Gasteiger partial charge in [0, 0.05) is 12.5 Å². The molecule has 1 aliphatic rings. The first-order chi connectivity index (χ1) is 9.03. The smallest absolute Gasteiger partial charge is 0.314 e. The van der Waals surface area contributed by atoms with Crippen LogP contribution >= 0.6 is 0 Å². The summed E-state index contributed by atoms with van der Waals surface area (Å²) in [6, 6.07) is 0.0553. The van der Waals surface area contributed by atoms with Gasteiger partial charge < -0.3 is 5.32 Å². The molecule has 1 aliphatic carbocycles. The lowest BCUT2D eigenvalue weighted by Crippen LogP contribution is -2.38. The van der Waals surface area contributed by atoms with Gasteiger partial charge in [0.2, 0.25) is 0 Å². The molecule has 0 aromatic rings. The fourth-order valence-corrected chi connectivity index (χ4v) is 3.04. The van der Waals surface area contributed by atoms with Gasteiger partial charge in [-0.2, -0.15) is 13.2 Å². The van der Waals surface area contributed by atoms with Gasteiger partial charge in [-0.1, -0.05) is 39.0 Å². The highest BCUT2D eigenvalue weighted by Crippen LogP contribution is 2.30. The molecule has 0 heterocycles. The molecule has 0 aromatic carbocycles. The Balaban J connectivity index is 2.49. The Kier molecular flexibility index (Phi) is 7.81. The highest BCUT2D eigenvalue weighted by atomic mass is 19.4. The lowest BCUT2D eigenvalue weighted by Gasteiger charge is -2.30. The summed E-state index contributed by atoms with van der Waals surface area (Å²) in [6.07, 6.45) is 4.90. The van der Waals surface area contributed by atoms with Crippen LogP contribution in [-0.4, -0.2) is 18.8 Å². The van der Waals surface area contributed by atoms with Gasteiger partial charge in [0.1, 0.15) is 0 Å². The first kappa shape index (κ1) is 16.8. The van der Waals surface area contributed by atoms with Gasteiger partial charge >= 0.3 is 6.18 Å². The number of hydrogen-bond donors (Lipinski definition) is 1. The summed E-state index contributed by atoms with van der Waals surface area (Å²) in [7, 11) is 0. The molecule has 1 nitrogen and oxygen atoms in total. The zero-order valence-electron chi connectivity index (χ0n) is 12.1. The molecular weight excluding hydrogens is 251 g/mol. The van der Waals surface area contributed by atoms with Gasteiger partial charge in [0.05, 0.1) is 0 Å². The summed E-state index contributed by atoms with van der Waals surface area (Å²) in [5.74, 6) is 0.439. The van der Waals surface area contributed by atoms with Crippen molar-refractivity contribution in [1.29, 1.82) is 0 Å². The summed E-state index contributed by atoms with van der Waals surface area (Å²) >= 11 is 0. The Morgan fingerprint density at radius 1 is 1.05 bits per heavy atom. The maximum atomic E-state index is 12.4. The number of alkyl halides is 3. The SMILES string of the molecule is CCCNC(CCC(F)(F)F)C1CCCCCCC1. The van der Waals surface area contributed by atoms with Crippen LogP contribution in [-0.2, 0) is 0 Å². The minimum atomic E-state index is -4.02. The van der Waals surface area contributed by atoms with Crippen LogP contribution in [0.2, 0.25) is 0 Å². The van der Waals surface area contributed by atoms with Gasteiger partial charge in [-0.15, -0.1) is 0 Å². The first-order valence-electron chi connectivity index (χ1n) is 7.83. The molecule has 1 atom stereocenters. The third kappa shape index (κ3) is 7.81. The molecule has 0 radical (unpaired) electrons.